The lowest BCUT2D eigenvalue weighted by atomic mass is 10.1. The molecule has 8 heteroatoms. The maximum atomic E-state index is 12.7. The van der Waals surface area contributed by atoms with Gasteiger partial charge in [0, 0.05) is 35.8 Å². The molecule has 36 heavy (non-hydrogen) atoms. The first kappa shape index (κ1) is 25.4. The molecule has 0 bridgehead atoms. The van der Waals surface area contributed by atoms with Gasteiger partial charge in [0.15, 0.2) is 11.5 Å². The third-order valence-corrected chi connectivity index (χ3v) is 6.53. The van der Waals surface area contributed by atoms with Gasteiger partial charge in [0.1, 0.15) is 12.4 Å². The van der Waals surface area contributed by atoms with Gasteiger partial charge in [-0.25, -0.2) is 0 Å². The lowest BCUT2D eigenvalue weighted by Gasteiger charge is -2.17. The van der Waals surface area contributed by atoms with Gasteiger partial charge in [0.2, 0.25) is 11.8 Å². The third-order valence-electron chi connectivity index (χ3n) is 6.16. The first-order valence-electron chi connectivity index (χ1n) is 11.7. The molecule has 0 aliphatic carbocycles. The summed E-state index contributed by atoms with van der Waals surface area (Å²) in [4.78, 5) is 27.0. The van der Waals surface area contributed by atoms with Crippen molar-refractivity contribution in [3.05, 3.63) is 82.9 Å². The Kier molecular flexibility index (Phi) is 8.33. The summed E-state index contributed by atoms with van der Waals surface area (Å²) in [5.74, 6) is 1.41. The average Bonchev–Trinajstić information content (AvgIpc) is 3.30. The number of nitrogens with zero attached hydrogens (tertiary/aromatic N) is 1. The minimum atomic E-state index is -0.390. The van der Waals surface area contributed by atoms with Gasteiger partial charge in [-0.15, -0.1) is 0 Å². The predicted octanol–water partition coefficient (Wildman–Crippen LogP) is 4.65. The Hall–Kier alpha value is -3.71. The normalized spacial score (nSPS) is 15.0. The highest BCUT2D eigenvalue weighted by Crippen LogP contribution is 2.29. The highest BCUT2D eigenvalue weighted by atomic mass is 35.5. The minimum absolute atomic E-state index is 0.0697. The van der Waals surface area contributed by atoms with Crippen LogP contribution in [0.4, 0.5) is 5.69 Å². The molecule has 1 N–H and O–H groups in total. The summed E-state index contributed by atoms with van der Waals surface area (Å²) in [6.45, 7) is 1.17. The number of amides is 2. The fourth-order valence-corrected chi connectivity index (χ4v) is 4.33. The molecule has 3 aromatic rings. The van der Waals surface area contributed by atoms with Crippen molar-refractivity contribution in [3.8, 4) is 17.2 Å². The number of hydrogen-bond donors (Lipinski definition) is 1. The Balaban J connectivity index is 1.27. The number of methoxy groups -OCH3 is 2. The van der Waals surface area contributed by atoms with Gasteiger partial charge in [0.25, 0.3) is 0 Å². The smallest absolute Gasteiger partial charge is 0.227 e. The molecule has 0 aromatic heterocycles. The number of nitrogens with one attached hydrogen (secondary N) is 1. The SMILES string of the molecule is COc1ccc(CCNC(=O)C2CC(=O)N(c3ccc(OCc4ccccc4Cl)cc3)C2)cc1OC. The van der Waals surface area contributed by atoms with E-state index in [1.54, 1.807) is 19.1 Å². The molecule has 1 aliphatic heterocycles. The molecular formula is C28H29ClN2O5. The maximum absolute atomic E-state index is 12.7. The molecule has 1 atom stereocenters. The lowest BCUT2D eigenvalue weighted by Crippen LogP contribution is -2.34. The van der Waals surface area contributed by atoms with Crippen LogP contribution in [0.25, 0.3) is 0 Å². The molecule has 0 spiro atoms. The molecular weight excluding hydrogens is 480 g/mol. The minimum Gasteiger partial charge on any atom is -0.493 e. The Morgan fingerprint density at radius 3 is 2.50 bits per heavy atom. The van der Waals surface area contributed by atoms with Crippen LogP contribution in [-0.2, 0) is 22.6 Å². The fourth-order valence-electron chi connectivity index (χ4n) is 4.14. The van der Waals surface area contributed by atoms with Gasteiger partial charge in [0.05, 0.1) is 20.1 Å². The van der Waals surface area contributed by atoms with Gasteiger partial charge in [-0.3, -0.25) is 9.59 Å². The van der Waals surface area contributed by atoms with E-state index in [9.17, 15) is 9.59 Å². The van der Waals surface area contributed by atoms with Crippen molar-refractivity contribution in [3.63, 3.8) is 0 Å². The summed E-state index contributed by atoms with van der Waals surface area (Å²) in [6, 6.07) is 20.5. The van der Waals surface area contributed by atoms with Crippen molar-refractivity contribution in [2.75, 3.05) is 32.2 Å². The van der Waals surface area contributed by atoms with Crippen molar-refractivity contribution < 1.29 is 23.8 Å². The number of carbonyl (C=O) groups is 2. The Labute approximate surface area is 215 Å². The van der Waals surface area contributed by atoms with Gasteiger partial charge >= 0.3 is 0 Å². The molecule has 2 amide bonds. The van der Waals surface area contributed by atoms with E-state index in [1.807, 2.05) is 66.7 Å². The second-order valence-electron chi connectivity index (χ2n) is 8.51. The van der Waals surface area contributed by atoms with Gasteiger partial charge < -0.3 is 24.4 Å². The van der Waals surface area contributed by atoms with E-state index in [-0.39, 0.29) is 24.2 Å². The lowest BCUT2D eigenvalue weighted by molar-refractivity contribution is -0.126. The summed E-state index contributed by atoms with van der Waals surface area (Å²) in [6.07, 6.45) is 0.832. The van der Waals surface area contributed by atoms with Crippen LogP contribution in [0.3, 0.4) is 0 Å². The number of anilines is 1. The van der Waals surface area contributed by atoms with Gasteiger partial charge in [-0.2, -0.15) is 0 Å². The highest BCUT2D eigenvalue weighted by molar-refractivity contribution is 6.31. The second-order valence-corrected chi connectivity index (χ2v) is 8.92. The zero-order valence-electron chi connectivity index (χ0n) is 20.3. The molecule has 188 valence electrons. The Bertz CT molecular complexity index is 1210. The second kappa shape index (κ2) is 11.8. The van der Waals surface area contributed by atoms with Crippen LogP contribution in [-0.4, -0.2) is 39.1 Å². The number of hydrogen-bond acceptors (Lipinski definition) is 5. The number of ether oxygens (including phenoxy) is 3. The third kappa shape index (κ3) is 6.10. The van der Waals surface area contributed by atoms with E-state index in [4.69, 9.17) is 25.8 Å². The van der Waals surface area contributed by atoms with Crippen LogP contribution in [0.5, 0.6) is 17.2 Å². The van der Waals surface area contributed by atoms with Crippen molar-refractivity contribution in [1.82, 2.24) is 5.32 Å². The summed E-state index contributed by atoms with van der Waals surface area (Å²) in [7, 11) is 3.18. The van der Waals surface area contributed by atoms with Crippen LogP contribution < -0.4 is 24.4 Å². The largest absolute Gasteiger partial charge is 0.493 e. The molecule has 1 heterocycles. The van der Waals surface area contributed by atoms with Gasteiger partial charge in [-0.05, 0) is 54.4 Å². The quantitative estimate of drug-likeness (QED) is 0.431. The van der Waals surface area contributed by atoms with E-state index < -0.39 is 0 Å². The average molecular weight is 509 g/mol. The van der Waals surface area contributed by atoms with Crippen LogP contribution >= 0.6 is 11.6 Å². The molecule has 0 radical (unpaired) electrons. The predicted molar refractivity (Wildman–Crippen MR) is 139 cm³/mol. The Morgan fingerprint density at radius 2 is 1.78 bits per heavy atom. The molecule has 4 rings (SSSR count). The number of carbonyl (C=O) groups excluding carboxylic acids is 2. The zero-order valence-corrected chi connectivity index (χ0v) is 21.1. The standard InChI is InChI=1S/C28H29ClN2O5/c1-34-25-12-7-19(15-26(25)35-2)13-14-30-28(33)21-16-27(32)31(17-21)22-8-10-23(11-9-22)36-18-20-5-3-4-6-24(20)29/h3-12,15,21H,13-14,16-18H2,1-2H3,(H,30,33). The summed E-state index contributed by atoms with van der Waals surface area (Å²) in [5.41, 5.74) is 2.66. The number of rotatable bonds is 10. The summed E-state index contributed by atoms with van der Waals surface area (Å²) < 4.78 is 16.4. The molecule has 1 unspecified atom stereocenters. The van der Waals surface area contributed by atoms with E-state index in [0.717, 1.165) is 16.8 Å². The van der Waals surface area contributed by atoms with Crippen LogP contribution in [0.1, 0.15) is 17.5 Å². The molecule has 1 fully saturated rings. The summed E-state index contributed by atoms with van der Waals surface area (Å²) in [5, 5.41) is 3.61. The van der Waals surface area contributed by atoms with Crippen LogP contribution in [0, 0.1) is 5.92 Å². The van der Waals surface area contributed by atoms with E-state index in [1.165, 1.54) is 0 Å². The molecule has 0 saturated carbocycles. The number of benzene rings is 3. The van der Waals surface area contributed by atoms with E-state index in [2.05, 4.69) is 5.32 Å². The van der Waals surface area contributed by atoms with Crippen molar-refractivity contribution in [2.45, 2.75) is 19.4 Å². The van der Waals surface area contributed by atoms with E-state index >= 15 is 0 Å². The highest BCUT2D eigenvalue weighted by Gasteiger charge is 2.35. The topological polar surface area (TPSA) is 77.1 Å². The molecule has 1 aliphatic rings. The monoisotopic (exact) mass is 508 g/mol. The maximum Gasteiger partial charge on any atom is 0.227 e. The molecule has 3 aromatic carbocycles. The van der Waals surface area contributed by atoms with Crippen LogP contribution in [0.15, 0.2) is 66.7 Å². The molecule has 1 saturated heterocycles. The van der Waals surface area contributed by atoms with Gasteiger partial charge in [-0.1, -0.05) is 35.9 Å². The first-order valence-corrected chi connectivity index (χ1v) is 12.1. The van der Waals surface area contributed by atoms with Crippen molar-refractivity contribution in [2.24, 2.45) is 5.92 Å². The number of halogens is 1. The Morgan fingerprint density at radius 1 is 1.03 bits per heavy atom. The first-order chi connectivity index (χ1) is 17.5. The van der Waals surface area contributed by atoms with Crippen molar-refractivity contribution in [1.29, 1.82) is 0 Å². The van der Waals surface area contributed by atoms with Crippen LogP contribution in [0.2, 0.25) is 5.02 Å². The van der Waals surface area contributed by atoms with E-state index in [0.29, 0.717) is 48.4 Å². The summed E-state index contributed by atoms with van der Waals surface area (Å²) >= 11 is 6.18. The zero-order chi connectivity index (χ0) is 25.5. The molecule has 7 nitrogen and oxygen atoms in total. The van der Waals surface area contributed by atoms with Crippen molar-refractivity contribution >= 4 is 29.1 Å². The fraction of sp³-hybridized carbons (Fsp3) is 0.286.